The van der Waals surface area contributed by atoms with E-state index in [0.29, 0.717) is 17.2 Å². The van der Waals surface area contributed by atoms with Gasteiger partial charge >= 0.3 is 12.1 Å². The molecule has 4 rings (SSSR count). The van der Waals surface area contributed by atoms with Crippen molar-refractivity contribution in [3.8, 4) is 5.75 Å². The van der Waals surface area contributed by atoms with Gasteiger partial charge in [-0.3, -0.25) is 0 Å². The van der Waals surface area contributed by atoms with Crippen LogP contribution in [0.5, 0.6) is 5.75 Å². The molecule has 0 fully saturated rings. The minimum atomic E-state index is -4.91. The summed E-state index contributed by atoms with van der Waals surface area (Å²) in [6.45, 7) is -0.954. The van der Waals surface area contributed by atoms with Crippen molar-refractivity contribution in [2.45, 2.75) is 16.7 Å². The zero-order chi connectivity index (χ0) is 29.3. The third kappa shape index (κ3) is 6.03. The topological polar surface area (TPSA) is 155 Å². The Bertz CT molecular complexity index is 1600. The number of benzene rings is 3. The number of hydrogen-bond donors (Lipinski definition) is 3. The molecule has 1 aliphatic heterocycles. The minimum Gasteiger partial charge on any atom is -0.482 e. The highest BCUT2D eigenvalue weighted by atomic mass is 35.5. The lowest BCUT2D eigenvalue weighted by atomic mass is 9.86. The van der Waals surface area contributed by atoms with Crippen molar-refractivity contribution in [3.63, 3.8) is 0 Å². The highest BCUT2D eigenvalue weighted by Crippen LogP contribution is 2.37. The Morgan fingerprint density at radius 3 is 2.38 bits per heavy atom. The van der Waals surface area contributed by atoms with E-state index in [1.54, 1.807) is 30.3 Å². The van der Waals surface area contributed by atoms with Crippen molar-refractivity contribution < 1.29 is 41.3 Å². The first-order valence-corrected chi connectivity index (χ1v) is 13.1. The van der Waals surface area contributed by atoms with E-state index in [2.05, 4.69) is 9.50 Å². The third-order valence-corrected chi connectivity index (χ3v) is 7.36. The van der Waals surface area contributed by atoms with Gasteiger partial charge in [0.1, 0.15) is 11.5 Å². The average molecular weight is 597 g/mol. The van der Waals surface area contributed by atoms with Gasteiger partial charge in [-0.25, -0.2) is 9.80 Å². The maximum absolute atomic E-state index is 13.3. The van der Waals surface area contributed by atoms with Gasteiger partial charge in [-0.2, -0.15) is 26.7 Å². The fourth-order valence-corrected chi connectivity index (χ4v) is 5.04. The predicted octanol–water partition coefficient (Wildman–Crippen LogP) is 3.43. The van der Waals surface area contributed by atoms with E-state index in [4.69, 9.17) is 27.2 Å². The number of hydrazone groups is 1. The highest BCUT2D eigenvalue weighted by molar-refractivity contribution is 7.90. The number of β-amino-alcohol motifs (C(OH)–C–C–N with tert-alkyl or cyclic N) is 1. The van der Waals surface area contributed by atoms with Gasteiger partial charge in [0.05, 0.1) is 22.0 Å². The van der Waals surface area contributed by atoms with Gasteiger partial charge in [0, 0.05) is 5.56 Å². The van der Waals surface area contributed by atoms with Crippen LogP contribution in [0.25, 0.3) is 0 Å². The number of aliphatic carboxylic acids is 1. The summed E-state index contributed by atoms with van der Waals surface area (Å²) in [5.41, 5.74) is 3.55. The van der Waals surface area contributed by atoms with Crippen LogP contribution in [0, 0.1) is 0 Å². The summed E-state index contributed by atoms with van der Waals surface area (Å²) in [5, 5.41) is 25.0. The summed E-state index contributed by atoms with van der Waals surface area (Å²) >= 11 is 5.58. The molecule has 40 heavy (non-hydrogen) atoms. The number of nitrogens with two attached hydrogens (primary N) is 1. The monoisotopic (exact) mass is 596 g/mol. The van der Waals surface area contributed by atoms with Crippen LogP contribution in [0.4, 0.5) is 13.2 Å². The highest BCUT2D eigenvalue weighted by Gasteiger charge is 2.44. The number of carboxylic acids is 1. The fourth-order valence-electron chi connectivity index (χ4n) is 3.86. The maximum atomic E-state index is 13.3. The largest absolute Gasteiger partial charge is 0.482 e. The average Bonchev–Trinajstić information content (AvgIpc) is 3.26. The van der Waals surface area contributed by atoms with E-state index < -0.39 is 55.8 Å². The number of ether oxygens (including phenoxy) is 1. The smallest absolute Gasteiger partial charge is 0.417 e. The quantitative estimate of drug-likeness (QED) is 0.277. The standard InChI is InChI=1S/C25H20ClF3N4O6S/c26-20-11-10-18(12-19(20)25(27,28)29)40(37,38)32-23(30)33-14-24(36,16-4-2-1-3-5-16)22(31-33)15-6-8-17(9-7-15)39-13-21(34)35/h1-12,36H,13-14H2,(H2,30,32)(H,34,35). The third-order valence-electron chi connectivity index (χ3n) is 5.75. The van der Waals surface area contributed by atoms with Crippen molar-refractivity contribution in [1.29, 1.82) is 0 Å². The molecule has 0 aliphatic carbocycles. The van der Waals surface area contributed by atoms with Crippen LogP contribution in [0.15, 0.2) is 87.2 Å². The lowest BCUT2D eigenvalue weighted by Crippen LogP contribution is -2.42. The lowest BCUT2D eigenvalue weighted by molar-refractivity contribution is -0.139. The molecule has 210 valence electrons. The van der Waals surface area contributed by atoms with Crippen LogP contribution in [0.2, 0.25) is 5.02 Å². The SMILES string of the molecule is N/C(=N\S(=O)(=O)c1ccc(Cl)c(C(F)(F)F)c1)N1CC(O)(c2ccccc2)C(c2ccc(OCC(=O)O)cc2)=N1. The van der Waals surface area contributed by atoms with Crippen LogP contribution >= 0.6 is 11.6 Å². The first-order chi connectivity index (χ1) is 18.7. The predicted molar refractivity (Wildman–Crippen MR) is 138 cm³/mol. The molecule has 0 radical (unpaired) electrons. The van der Waals surface area contributed by atoms with Crippen molar-refractivity contribution >= 4 is 39.3 Å². The van der Waals surface area contributed by atoms with E-state index in [1.165, 1.54) is 24.3 Å². The number of aliphatic hydroxyl groups is 1. The molecule has 15 heteroatoms. The zero-order valence-electron chi connectivity index (χ0n) is 20.2. The number of carbonyl (C=O) groups is 1. The lowest BCUT2D eigenvalue weighted by Gasteiger charge is -2.25. The van der Waals surface area contributed by atoms with Crippen LogP contribution in [-0.2, 0) is 26.6 Å². The summed E-state index contributed by atoms with van der Waals surface area (Å²) in [6, 6.07) is 16.2. The number of sulfonamides is 1. The normalized spacial score (nSPS) is 18.0. The second-order valence-electron chi connectivity index (χ2n) is 8.50. The molecular weight excluding hydrogens is 577 g/mol. The first-order valence-electron chi connectivity index (χ1n) is 11.3. The number of carboxylic acid groups (broad SMARTS) is 1. The molecule has 0 amide bonds. The summed E-state index contributed by atoms with van der Waals surface area (Å²) in [4.78, 5) is 9.95. The minimum absolute atomic E-state index is 0.0462. The van der Waals surface area contributed by atoms with Crippen LogP contribution < -0.4 is 10.5 Å². The van der Waals surface area contributed by atoms with Gasteiger partial charge in [0.25, 0.3) is 10.0 Å². The summed E-state index contributed by atoms with van der Waals surface area (Å²) < 4.78 is 74.0. The Kier molecular flexibility index (Phi) is 7.78. The number of alkyl halides is 3. The molecule has 1 unspecified atom stereocenters. The fraction of sp³-hybridized carbons (Fsp3) is 0.160. The molecule has 1 heterocycles. The van der Waals surface area contributed by atoms with Crippen molar-refractivity contribution in [2.75, 3.05) is 13.2 Å². The molecule has 1 aliphatic rings. The molecule has 0 spiro atoms. The Morgan fingerprint density at radius 1 is 1.12 bits per heavy atom. The molecular formula is C25H20ClF3N4O6S. The molecule has 4 N–H and O–H groups in total. The van der Waals surface area contributed by atoms with Gasteiger partial charge in [-0.05, 0) is 48.0 Å². The molecule has 0 saturated heterocycles. The van der Waals surface area contributed by atoms with E-state index in [1.807, 2.05) is 0 Å². The Balaban J connectivity index is 1.72. The van der Waals surface area contributed by atoms with Crippen LogP contribution in [-0.4, -0.2) is 54.4 Å². The van der Waals surface area contributed by atoms with Gasteiger partial charge in [0.15, 0.2) is 12.2 Å². The molecule has 0 aromatic heterocycles. The maximum Gasteiger partial charge on any atom is 0.417 e. The Hall–Kier alpha value is -4.14. The summed E-state index contributed by atoms with van der Waals surface area (Å²) in [6.07, 6.45) is -4.91. The molecule has 1 atom stereocenters. The van der Waals surface area contributed by atoms with Crippen molar-refractivity contribution in [3.05, 3.63) is 94.5 Å². The number of rotatable bonds is 7. The number of nitrogens with zero attached hydrogens (tertiary/aromatic N) is 3. The molecule has 3 aromatic carbocycles. The van der Waals surface area contributed by atoms with Crippen molar-refractivity contribution in [1.82, 2.24) is 5.01 Å². The number of halogens is 4. The van der Waals surface area contributed by atoms with Crippen LogP contribution in [0.1, 0.15) is 16.7 Å². The van der Waals surface area contributed by atoms with Gasteiger partial charge < -0.3 is 20.7 Å². The molecule has 10 nitrogen and oxygen atoms in total. The zero-order valence-corrected chi connectivity index (χ0v) is 21.8. The second kappa shape index (κ2) is 10.8. The van der Waals surface area contributed by atoms with Crippen molar-refractivity contribution in [2.24, 2.45) is 15.2 Å². The second-order valence-corrected chi connectivity index (χ2v) is 10.5. The number of hydrogen-bond acceptors (Lipinski definition) is 6. The Morgan fingerprint density at radius 2 is 1.77 bits per heavy atom. The number of guanidine groups is 1. The summed E-state index contributed by atoms with van der Waals surface area (Å²) in [5.74, 6) is -1.65. The van der Waals surface area contributed by atoms with E-state index in [9.17, 15) is 31.5 Å². The van der Waals surface area contributed by atoms with Crippen LogP contribution in [0.3, 0.4) is 0 Å². The summed E-state index contributed by atoms with van der Waals surface area (Å²) in [7, 11) is -4.75. The van der Waals surface area contributed by atoms with E-state index in [-0.39, 0.29) is 18.0 Å². The first kappa shape index (κ1) is 28.9. The molecule has 0 saturated carbocycles. The van der Waals surface area contributed by atoms with Gasteiger partial charge in [-0.1, -0.05) is 41.9 Å². The molecule has 0 bridgehead atoms. The Labute approximate surface area is 230 Å². The molecule has 3 aromatic rings. The van der Waals surface area contributed by atoms with E-state index >= 15 is 0 Å². The van der Waals surface area contributed by atoms with Gasteiger partial charge in [0.2, 0.25) is 5.96 Å². The van der Waals surface area contributed by atoms with Gasteiger partial charge in [-0.15, -0.1) is 4.40 Å². The van der Waals surface area contributed by atoms with E-state index in [0.717, 1.165) is 17.1 Å².